The summed E-state index contributed by atoms with van der Waals surface area (Å²) in [5, 5.41) is 256. The average Bonchev–Trinajstić information content (AvgIpc) is 1.62. The molecule has 137 heavy (non-hydrogen) atoms. The van der Waals surface area contributed by atoms with Crippen LogP contribution < -0.4 is 37.4 Å². The van der Waals surface area contributed by atoms with E-state index in [2.05, 4.69) is 67.3 Å². The fourth-order valence-corrected chi connectivity index (χ4v) is 22.4. The molecule has 46 heteroatoms. The van der Waals surface area contributed by atoms with Gasteiger partial charge in [0.05, 0.1) is 46.2 Å². The van der Waals surface area contributed by atoms with E-state index in [1.165, 1.54) is 50.5 Å². The van der Waals surface area contributed by atoms with E-state index in [0.717, 1.165) is 61.7 Å². The third-order valence-corrected chi connectivity index (χ3v) is 30.4. The third-order valence-electron chi connectivity index (χ3n) is 30.4. The summed E-state index contributed by atoms with van der Waals surface area (Å²) in [7, 11) is 0. The van der Waals surface area contributed by atoms with Crippen LogP contribution in [0.4, 0.5) is 16.2 Å². The van der Waals surface area contributed by atoms with Crippen molar-refractivity contribution >= 4 is 23.4 Å². The number of hydrogen-bond acceptors (Lipinski definition) is 44. The van der Waals surface area contributed by atoms with Crippen LogP contribution in [0.25, 0.3) is 0 Å². The molecular formula is C91H153N5O41. The first kappa shape index (κ1) is 111. The summed E-state index contributed by atoms with van der Waals surface area (Å²) in [5.41, 5.74) is 1.11. The van der Waals surface area contributed by atoms with E-state index in [9.17, 15) is 132 Å². The van der Waals surface area contributed by atoms with Crippen LogP contribution in [0.3, 0.4) is 0 Å². The highest BCUT2D eigenvalue weighted by molar-refractivity contribution is 5.76. The number of amides is 2. The number of aliphatic hydroxyl groups excluding tert-OH is 22. The van der Waals surface area contributed by atoms with Gasteiger partial charge in [0, 0.05) is 52.2 Å². The topological polar surface area (TPSA) is 712 Å². The maximum atomic E-state index is 13.0. The van der Waals surface area contributed by atoms with E-state index in [1.54, 1.807) is 0 Å². The second-order valence-corrected chi connectivity index (χ2v) is 39.9. The molecule has 7 aliphatic heterocycles. The van der Waals surface area contributed by atoms with Gasteiger partial charge in [-0.25, -0.2) is 4.79 Å². The van der Waals surface area contributed by atoms with Crippen LogP contribution in [0.5, 0.6) is 0 Å². The van der Waals surface area contributed by atoms with Gasteiger partial charge in [-0.2, -0.15) is 0 Å². The number of allylic oxidation sites excluding steroid dienone is 1. The molecule has 43 atom stereocenters. The molecule has 10 fully saturated rings. The summed E-state index contributed by atoms with van der Waals surface area (Å²) in [6.07, 6.45) is -50.3. The molecule has 27 N–H and O–H groups in total. The Labute approximate surface area is 794 Å². The van der Waals surface area contributed by atoms with Crippen LogP contribution in [-0.4, -0.2) is 438 Å². The standard InChI is InChI=1S/C91H153N5O41/c1-41(2)15-14-16-42(3)46-20-21-47-45-19-18-43-33-44(22-24-90(43,4)48(45)23-25-91(46,47)5)125-89(122)96-29-28-92-26-11-12-27-94-57-58(67(112)66(57)111)95-31-30-93-56(103)17-10-8-6-7-9-13-32-123-82-74(119)79(65(110)55(132-82)40-124-83-75(120)77(63(108)53(38-101)126-83)133-84-72(117)68(113)59(104)49(34-97)127-84)135-87-81(71(116)62(107)51(36-99)130-87)137-88-80(70(115)61(106)52(37-100)131-88)136-86-76(121)78(64(109)54(39-102)129-86)134-85-73(118)69(114)60(105)50(35-98)128-85/h18,41-42,44-55,59-65,68-88,92,94-95,97-102,104-110,113-121H,6-17,19-40H2,1-5H3,(H,93,103)(H,96,122). The summed E-state index contributed by atoms with van der Waals surface area (Å²) in [4.78, 5) is 51.1. The fraction of sp³-hybridized carbons (Fsp3) is 0.912. The van der Waals surface area contributed by atoms with Gasteiger partial charge in [-0.05, 0) is 124 Å². The molecule has 7 heterocycles. The van der Waals surface area contributed by atoms with Gasteiger partial charge in [0.15, 0.2) is 44.0 Å². The number of unbranched alkanes of at least 4 members (excludes halogenated alkanes) is 6. The second kappa shape index (κ2) is 51.1. The highest BCUT2D eigenvalue weighted by Gasteiger charge is 2.63. The summed E-state index contributed by atoms with van der Waals surface area (Å²) < 4.78 is 87.9. The van der Waals surface area contributed by atoms with Gasteiger partial charge in [0.2, 0.25) is 5.91 Å². The molecule has 43 unspecified atom stereocenters. The smallest absolute Gasteiger partial charge is 0.407 e. The molecule has 788 valence electrons. The first-order valence-corrected chi connectivity index (χ1v) is 49.0. The quantitative estimate of drug-likeness (QED) is 0.0164. The van der Waals surface area contributed by atoms with Crippen molar-refractivity contribution < 1.29 is 193 Å². The zero-order valence-electron chi connectivity index (χ0n) is 78.5. The van der Waals surface area contributed by atoms with Gasteiger partial charge in [-0.1, -0.05) is 91.2 Å². The number of aliphatic hydroxyl groups is 22. The number of alkyl carbamates (subject to hydrolysis) is 1. The third kappa shape index (κ3) is 26.0. The molecule has 1 aromatic rings. The van der Waals surface area contributed by atoms with E-state index in [0.29, 0.717) is 76.0 Å². The number of rotatable bonds is 48. The predicted molar refractivity (Wildman–Crippen MR) is 473 cm³/mol. The number of hydrogen-bond donors (Lipinski definition) is 27. The molecule has 0 spiro atoms. The number of anilines is 2. The molecule has 11 aliphatic rings. The first-order chi connectivity index (χ1) is 65.5. The molecule has 7 saturated heterocycles. The Hall–Kier alpha value is -4.32. The van der Waals surface area contributed by atoms with E-state index < -0.39 is 278 Å². The van der Waals surface area contributed by atoms with Gasteiger partial charge in [0.1, 0.15) is 188 Å². The van der Waals surface area contributed by atoms with Gasteiger partial charge in [-0.3, -0.25) is 14.4 Å². The van der Waals surface area contributed by atoms with Gasteiger partial charge >= 0.3 is 6.09 Å². The minimum absolute atomic E-state index is 0.140. The number of carbonyl (C=O) groups is 2. The van der Waals surface area contributed by atoms with Crippen LogP contribution in [0.2, 0.25) is 0 Å². The SMILES string of the molecule is CC(C)CCCC(C)C1CCC2C3CC=C4CC(OC(=O)NCCNCCCCNc5c(NCCNC(=O)CCCCCCCCOC6OC(COC7OC(CO)C(O)C(OC8OC(CO)C(O)C(O)C8O)C7O)C(O)C(OC7OC(CO)C(O)C(O)C7OC7OC(CO)C(O)C(O)C7OC7OC(CO)C(O)C(OC8OC(CO)C(O)C(O)C8O)C7O)C6O)c(=O)c5=O)CCC4(C)C3CCC12C. The van der Waals surface area contributed by atoms with E-state index in [4.69, 9.17) is 71.1 Å². The summed E-state index contributed by atoms with van der Waals surface area (Å²) in [5.74, 6) is 4.32. The highest BCUT2D eigenvalue weighted by atomic mass is 16.8. The summed E-state index contributed by atoms with van der Waals surface area (Å²) >= 11 is 0. The second-order valence-electron chi connectivity index (χ2n) is 39.9. The lowest BCUT2D eigenvalue weighted by Crippen LogP contribution is -2.68. The van der Waals surface area contributed by atoms with Crippen molar-refractivity contribution in [1.82, 2.24) is 16.0 Å². The van der Waals surface area contributed by atoms with E-state index in [1.807, 2.05) is 0 Å². The van der Waals surface area contributed by atoms with Crippen LogP contribution >= 0.6 is 0 Å². The van der Waals surface area contributed by atoms with Crippen LogP contribution in [0, 0.1) is 46.3 Å². The molecule has 46 nitrogen and oxygen atoms in total. The molecule has 2 amide bonds. The lowest BCUT2D eigenvalue weighted by Gasteiger charge is -2.58. The van der Waals surface area contributed by atoms with Gasteiger partial charge in [0.25, 0.3) is 10.9 Å². The Bertz CT molecular complexity index is 3940. The molecule has 3 saturated carbocycles. The van der Waals surface area contributed by atoms with Crippen molar-refractivity contribution in [3.63, 3.8) is 0 Å². The summed E-state index contributed by atoms with van der Waals surface area (Å²) in [6, 6.07) is 0. The Balaban J connectivity index is 0.588. The number of fused-ring (bicyclic) bond motifs is 5. The minimum Gasteiger partial charge on any atom is -0.446 e. The van der Waals surface area contributed by atoms with Crippen molar-refractivity contribution in [3.05, 3.63) is 32.1 Å². The molecule has 12 rings (SSSR count). The maximum absolute atomic E-state index is 13.0. The molecule has 0 aromatic heterocycles. The zero-order valence-corrected chi connectivity index (χ0v) is 78.5. The highest BCUT2D eigenvalue weighted by Crippen LogP contribution is 2.68. The predicted octanol–water partition coefficient (Wildman–Crippen LogP) is -6.78. The summed E-state index contributed by atoms with van der Waals surface area (Å²) in [6.45, 7) is 7.56. The van der Waals surface area contributed by atoms with Gasteiger partial charge in [-0.15, -0.1) is 0 Å². The number of nitrogens with one attached hydrogen (secondary N) is 5. The normalized spacial score (nSPS) is 42.6. The zero-order chi connectivity index (χ0) is 99.2. The van der Waals surface area contributed by atoms with Crippen LogP contribution in [0.1, 0.15) is 163 Å². The van der Waals surface area contributed by atoms with Crippen LogP contribution in [0.15, 0.2) is 21.2 Å². The van der Waals surface area contributed by atoms with Crippen molar-refractivity contribution in [2.45, 2.75) is 384 Å². The largest absolute Gasteiger partial charge is 0.446 e. The Morgan fingerprint density at radius 1 is 0.409 bits per heavy atom. The molecule has 0 bridgehead atoms. The van der Waals surface area contributed by atoms with Gasteiger partial charge < -0.3 is 210 Å². The van der Waals surface area contributed by atoms with Crippen molar-refractivity contribution in [2.24, 2.45) is 46.3 Å². The Kier molecular flexibility index (Phi) is 41.6. The fourth-order valence-electron chi connectivity index (χ4n) is 22.4. The molecule has 0 radical (unpaired) electrons. The Morgan fingerprint density at radius 2 is 0.854 bits per heavy atom. The van der Waals surface area contributed by atoms with Crippen molar-refractivity contribution in [3.8, 4) is 0 Å². The molecule has 4 aliphatic carbocycles. The maximum Gasteiger partial charge on any atom is 0.407 e. The monoisotopic (exact) mass is 1970 g/mol. The first-order valence-electron chi connectivity index (χ1n) is 49.0. The van der Waals surface area contributed by atoms with E-state index in [-0.39, 0.29) is 61.3 Å². The minimum atomic E-state index is -2.30. The van der Waals surface area contributed by atoms with Crippen molar-refractivity contribution in [1.29, 1.82) is 0 Å². The van der Waals surface area contributed by atoms with Crippen molar-refractivity contribution in [2.75, 3.05) is 103 Å². The lowest BCUT2D eigenvalue weighted by atomic mass is 9.47. The lowest BCUT2D eigenvalue weighted by molar-refractivity contribution is -0.408. The molecular weight excluding hydrogens is 1820 g/mol. The van der Waals surface area contributed by atoms with Crippen LogP contribution in [-0.2, 0) is 75.8 Å². The average molecular weight is 1970 g/mol. The number of carbonyl (C=O) groups excluding carboxylic acids is 2. The molecule has 1 aromatic carbocycles. The van der Waals surface area contributed by atoms with E-state index >= 15 is 0 Å². The Morgan fingerprint density at radius 3 is 1.41 bits per heavy atom. The number of ether oxygens (including phenoxy) is 15.